The molecule has 0 radical (unpaired) electrons. The molecular weight excluding hydrogens is 234 g/mol. The van der Waals surface area contributed by atoms with Crippen LogP contribution in [0.5, 0.6) is 0 Å². The van der Waals surface area contributed by atoms with Gasteiger partial charge in [-0.3, -0.25) is 9.59 Å². The highest BCUT2D eigenvalue weighted by molar-refractivity contribution is 5.76. The molecule has 2 atom stereocenters. The van der Waals surface area contributed by atoms with Gasteiger partial charge in [-0.05, 0) is 44.7 Å². The first-order chi connectivity index (χ1) is 8.59. The van der Waals surface area contributed by atoms with E-state index in [0.717, 1.165) is 25.9 Å². The molecule has 0 aromatic carbocycles. The monoisotopic (exact) mass is 257 g/mol. The van der Waals surface area contributed by atoms with E-state index in [1.165, 1.54) is 0 Å². The molecule has 1 amide bonds. The second kappa shape index (κ2) is 8.05. The molecule has 1 saturated heterocycles. The third-order valence-electron chi connectivity index (χ3n) is 3.20. The van der Waals surface area contributed by atoms with Crippen LogP contribution in [-0.4, -0.2) is 42.7 Å². The molecule has 0 aromatic heterocycles. The smallest absolute Gasteiger partial charge is 0.320 e. The molecule has 1 aliphatic rings. The average Bonchev–Trinajstić information content (AvgIpc) is 2.35. The van der Waals surface area contributed by atoms with Gasteiger partial charge in [-0.15, -0.1) is 0 Å². The minimum absolute atomic E-state index is 0.0487. The molecular formula is C12H23N3O3. The quantitative estimate of drug-likeness (QED) is 0.468. The average molecular weight is 257 g/mol. The first-order valence-corrected chi connectivity index (χ1v) is 6.55. The van der Waals surface area contributed by atoms with Crippen molar-refractivity contribution >= 4 is 11.9 Å². The lowest BCUT2D eigenvalue weighted by atomic mass is 9.96. The Hall–Kier alpha value is -1.14. The molecule has 0 spiro atoms. The van der Waals surface area contributed by atoms with E-state index in [0.29, 0.717) is 31.7 Å². The van der Waals surface area contributed by atoms with Gasteiger partial charge in [0.2, 0.25) is 5.91 Å². The van der Waals surface area contributed by atoms with E-state index < -0.39 is 12.0 Å². The van der Waals surface area contributed by atoms with Crippen molar-refractivity contribution in [1.29, 1.82) is 0 Å². The summed E-state index contributed by atoms with van der Waals surface area (Å²) in [6.07, 6.45) is 3.77. The Kier molecular flexibility index (Phi) is 6.67. The van der Waals surface area contributed by atoms with Crippen LogP contribution in [0.3, 0.4) is 0 Å². The van der Waals surface area contributed by atoms with Gasteiger partial charge in [0.05, 0.1) is 0 Å². The summed E-state index contributed by atoms with van der Waals surface area (Å²) >= 11 is 0. The Bertz CT molecular complexity index is 278. The Balaban J connectivity index is 2.04. The molecule has 0 aliphatic carbocycles. The van der Waals surface area contributed by atoms with Crippen LogP contribution in [-0.2, 0) is 9.59 Å². The molecule has 104 valence electrons. The van der Waals surface area contributed by atoms with Gasteiger partial charge < -0.3 is 21.5 Å². The Morgan fingerprint density at radius 3 is 2.89 bits per heavy atom. The van der Waals surface area contributed by atoms with Crippen LogP contribution in [0, 0.1) is 5.92 Å². The summed E-state index contributed by atoms with van der Waals surface area (Å²) in [4.78, 5) is 22.1. The van der Waals surface area contributed by atoms with E-state index in [4.69, 9.17) is 10.8 Å². The number of amides is 1. The maximum Gasteiger partial charge on any atom is 0.320 e. The Labute approximate surface area is 107 Å². The molecule has 6 nitrogen and oxygen atoms in total. The van der Waals surface area contributed by atoms with Gasteiger partial charge in [-0.1, -0.05) is 0 Å². The van der Waals surface area contributed by atoms with Crippen molar-refractivity contribution in [3.8, 4) is 0 Å². The van der Waals surface area contributed by atoms with Crippen molar-refractivity contribution in [3.05, 3.63) is 0 Å². The van der Waals surface area contributed by atoms with Crippen molar-refractivity contribution in [2.24, 2.45) is 11.7 Å². The summed E-state index contributed by atoms with van der Waals surface area (Å²) in [7, 11) is 0. The van der Waals surface area contributed by atoms with Gasteiger partial charge in [-0.2, -0.15) is 0 Å². The van der Waals surface area contributed by atoms with Crippen LogP contribution >= 0.6 is 0 Å². The predicted octanol–water partition coefficient (Wildman–Crippen LogP) is -0.316. The number of piperidine rings is 1. The van der Waals surface area contributed by atoms with Crippen LogP contribution in [0.1, 0.15) is 32.1 Å². The van der Waals surface area contributed by atoms with Crippen molar-refractivity contribution in [2.75, 3.05) is 19.6 Å². The van der Waals surface area contributed by atoms with Crippen molar-refractivity contribution in [2.45, 2.75) is 38.1 Å². The van der Waals surface area contributed by atoms with E-state index in [1.54, 1.807) is 0 Å². The summed E-state index contributed by atoms with van der Waals surface area (Å²) in [5, 5.41) is 14.7. The van der Waals surface area contributed by atoms with E-state index in [9.17, 15) is 9.59 Å². The summed E-state index contributed by atoms with van der Waals surface area (Å²) in [6.45, 7) is 2.46. The molecule has 0 bridgehead atoms. The van der Waals surface area contributed by atoms with Crippen LogP contribution in [0.15, 0.2) is 0 Å². The maximum atomic E-state index is 11.6. The molecule has 0 saturated carbocycles. The topological polar surface area (TPSA) is 104 Å². The standard InChI is InChI=1S/C12H23N3O3/c13-10(12(17)18)4-2-6-15-11(16)7-9-3-1-5-14-8-9/h9-10,14H,1-8,13H2,(H,15,16)(H,17,18)/t9?,10-/m0/s1. The molecule has 5 N–H and O–H groups in total. The predicted molar refractivity (Wildman–Crippen MR) is 68.1 cm³/mol. The maximum absolute atomic E-state index is 11.6. The van der Waals surface area contributed by atoms with Crippen LogP contribution < -0.4 is 16.4 Å². The van der Waals surface area contributed by atoms with E-state index >= 15 is 0 Å². The van der Waals surface area contributed by atoms with Crippen molar-refractivity contribution < 1.29 is 14.7 Å². The summed E-state index contributed by atoms with van der Waals surface area (Å²) in [5.74, 6) is -0.512. The highest BCUT2D eigenvalue weighted by atomic mass is 16.4. The lowest BCUT2D eigenvalue weighted by Gasteiger charge is -2.22. The van der Waals surface area contributed by atoms with Gasteiger partial charge in [-0.25, -0.2) is 0 Å². The highest BCUT2D eigenvalue weighted by Crippen LogP contribution is 2.13. The van der Waals surface area contributed by atoms with E-state index in [1.807, 2.05) is 0 Å². The first kappa shape index (κ1) is 14.9. The van der Waals surface area contributed by atoms with Crippen LogP contribution in [0.4, 0.5) is 0 Å². The third kappa shape index (κ3) is 5.97. The second-order valence-electron chi connectivity index (χ2n) is 4.85. The summed E-state index contributed by atoms with van der Waals surface area (Å²) < 4.78 is 0. The normalized spacial score (nSPS) is 21.3. The fraction of sp³-hybridized carbons (Fsp3) is 0.833. The number of carboxylic acid groups (broad SMARTS) is 1. The van der Waals surface area contributed by atoms with Gasteiger partial charge in [0.15, 0.2) is 0 Å². The summed E-state index contributed by atoms with van der Waals surface area (Å²) in [6, 6.07) is -0.829. The molecule has 0 aromatic rings. The molecule has 1 rings (SSSR count). The Morgan fingerprint density at radius 2 is 2.28 bits per heavy atom. The second-order valence-corrected chi connectivity index (χ2v) is 4.85. The number of rotatable bonds is 7. The Morgan fingerprint density at radius 1 is 1.50 bits per heavy atom. The highest BCUT2D eigenvalue weighted by Gasteiger charge is 2.16. The van der Waals surface area contributed by atoms with Gasteiger partial charge in [0, 0.05) is 13.0 Å². The number of nitrogens with two attached hydrogens (primary N) is 1. The fourth-order valence-corrected chi connectivity index (χ4v) is 2.11. The molecule has 1 heterocycles. The number of carbonyl (C=O) groups is 2. The number of carboxylic acids is 1. The zero-order chi connectivity index (χ0) is 13.4. The van der Waals surface area contributed by atoms with Crippen LogP contribution in [0.25, 0.3) is 0 Å². The molecule has 6 heteroatoms. The third-order valence-corrected chi connectivity index (χ3v) is 3.20. The number of aliphatic carboxylic acids is 1. The minimum Gasteiger partial charge on any atom is -0.480 e. The van der Waals surface area contributed by atoms with Crippen molar-refractivity contribution in [3.63, 3.8) is 0 Å². The van der Waals surface area contributed by atoms with Gasteiger partial charge >= 0.3 is 5.97 Å². The lowest BCUT2D eigenvalue weighted by molar-refractivity contribution is -0.138. The number of hydrogen-bond donors (Lipinski definition) is 4. The van der Waals surface area contributed by atoms with E-state index in [-0.39, 0.29) is 5.91 Å². The zero-order valence-corrected chi connectivity index (χ0v) is 10.7. The largest absolute Gasteiger partial charge is 0.480 e. The first-order valence-electron chi connectivity index (χ1n) is 6.55. The van der Waals surface area contributed by atoms with Gasteiger partial charge in [0.1, 0.15) is 6.04 Å². The molecule has 18 heavy (non-hydrogen) atoms. The number of carbonyl (C=O) groups excluding carboxylic acids is 1. The number of nitrogens with one attached hydrogen (secondary N) is 2. The van der Waals surface area contributed by atoms with Crippen LogP contribution in [0.2, 0.25) is 0 Å². The zero-order valence-electron chi connectivity index (χ0n) is 10.7. The summed E-state index contributed by atoms with van der Waals surface area (Å²) in [5.41, 5.74) is 5.36. The minimum atomic E-state index is -0.991. The fourth-order valence-electron chi connectivity index (χ4n) is 2.11. The molecule has 1 aliphatic heterocycles. The van der Waals surface area contributed by atoms with Crippen molar-refractivity contribution in [1.82, 2.24) is 10.6 Å². The SMILES string of the molecule is N[C@@H](CCCNC(=O)CC1CCCNC1)C(=O)O. The molecule has 1 unspecified atom stereocenters. The lowest BCUT2D eigenvalue weighted by Crippen LogP contribution is -2.35. The number of hydrogen-bond acceptors (Lipinski definition) is 4. The molecule has 1 fully saturated rings. The van der Waals surface area contributed by atoms with Gasteiger partial charge in [0.25, 0.3) is 0 Å². The van der Waals surface area contributed by atoms with E-state index in [2.05, 4.69) is 10.6 Å².